The average molecular weight is 304 g/mol. The first-order chi connectivity index (χ1) is 9.66. The molecule has 0 saturated heterocycles. The molecule has 2 aromatic rings. The van der Waals surface area contributed by atoms with Gasteiger partial charge < -0.3 is 0 Å². The van der Waals surface area contributed by atoms with Crippen molar-refractivity contribution in [2.24, 2.45) is 0 Å². The third-order valence-corrected chi connectivity index (χ3v) is 2.97. The lowest BCUT2D eigenvalue weighted by Crippen LogP contribution is -2.05. The van der Waals surface area contributed by atoms with Crippen molar-refractivity contribution in [3.8, 4) is 0 Å². The van der Waals surface area contributed by atoms with Crippen molar-refractivity contribution < 1.29 is 26.3 Å². The zero-order valence-corrected chi connectivity index (χ0v) is 10.6. The van der Waals surface area contributed by atoms with Crippen molar-refractivity contribution in [3.63, 3.8) is 0 Å². The van der Waals surface area contributed by atoms with Crippen molar-refractivity contribution in [1.29, 1.82) is 0 Å². The Labute approximate surface area is 117 Å². The van der Waals surface area contributed by atoms with Crippen LogP contribution in [-0.4, -0.2) is 0 Å². The summed E-state index contributed by atoms with van der Waals surface area (Å²) in [5, 5.41) is 0. The van der Waals surface area contributed by atoms with Crippen LogP contribution in [0.4, 0.5) is 26.3 Å². The largest absolute Gasteiger partial charge is 0.416 e. The molecule has 0 saturated carbocycles. The Hall–Kier alpha value is -1.98. The van der Waals surface area contributed by atoms with E-state index in [4.69, 9.17) is 0 Å². The van der Waals surface area contributed by atoms with Gasteiger partial charge in [0.25, 0.3) is 0 Å². The zero-order valence-electron chi connectivity index (χ0n) is 10.6. The second kappa shape index (κ2) is 5.42. The van der Waals surface area contributed by atoms with Crippen molar-refractivity contribution in [2.45, 2.75) is 18.8 Å². The molecule has 0 aliphatic heterocycles. The summed E-state index contributed by atoms with van der Waals surface area (Å²) in [4.78, 5) is 0. The van der Waals surface area contributed by atoms with Gasteiger partial charge in [0.2, 0.25) is 0 Å². The zero-order chi connectivity index (χ0) is 15.7. The number of hydrogen-bond acceptors (Lipinski definition) is 0. The summed E-state index contributed by atoms with van der Waals surface area (Å²) in [5.41, 5.74) is -0.303. The first kappa shape index (κ1) is 15.4. The van der Waals surface area contributed by atoms with E-state index in [1.165, 1.54) is 24.3 Å². The Bertz CT molecular complexity index is 535. The summed E-state index contributed by atoms with van der Waals surface area (Å²) in [6.07, 6.45) is -8.52. The van der Waals surface area contributed by atoms with Gasteiger partial charge >= 0.3 is 12.4 Å². The summed E-state index contributed by atoms with van der Waals surface area (Å²) in [7, 11) is 0. The molecule has 0 amide bonds. The highest BCUT2D eigenvalue weighted by atomic mass is 19.4. The molecule has 0 aliphatic rings. The molecule has 2 aromatic carbocycles. The van der Waals surface area contributed by atoms with E-state index < -0.39 is 23.5 Å². The van der Waals surface area contributed by atoms with E-state index in [1.54, 1.807) is 0 Å². The molecule has 0 radical (unpaired) electrons. The smallest absolute Gasteiger partial charge is 0.166 e. The van der Waals surface area contributed by atoms with E-state index >= 15 is 0 Å². The van der Waals surface area contributed by atoms with Gasteiger partial charge in [-0.05, 0) is 41.8 Å². The molecule has 0 spiro atoms. The molecule has 0 nitrogen and oxygen atoms in total. The fourth-order valence-electron chi connectivity index (χ4n) is 1.86. The van der Waals surface area contributed by atoms with E-state index in [-0.39, 0.29) is 6.42 Å². The minimum Gasteiger partial charge on any atom is -0.166 e. The van der Waals surface area contributed by atoms with E-state index in [1.807, 2.05) is 0 Å². The van der Waals surface area contributed by atoms with E-state index in [9.17, 15) is 26.3 Å². The Morgan fingerprint density at radius 3 is 1.05 bits per heavy atom. The van der Waals surface area contributed by atoms with Gasteiger partial charge in [0.1, 0.15) is 0 Å². The Morgan fingerprint density at radius 2 is 0.810 bits per heavy atom. The molecule has 2 rings (SSSR count). The first-order valence-electron chi connectivity index (χ1n) is 5.98. The second-order valence-corrected chi connectivity index (χ2v) is 4.57. The standard InChI is InChI=1S/C15H10F6/c16-14(17,18)12-5-1-10(2-6-12)9-11-3-7-13(8-4-11)15(19,20)21/h1-8H,9H2. The summed E-state index contributed by atoms with van der Waals surface area (Å²) in [6, 6.07) is 9.11. The molecule has 112 valence electrons. The van der Waals surface area contributed by atoms with Gasteiger partial charge in [-0.3, -0.25) is 0 Å². The van der Waals surface area contributed by atoms with E-state index in [2.05, 4.69) is 0 Å². The van der Waals surface area contributed by atoms with Crippen LogP contribution < -0.4 is 0 Å². The molecule has 0 fully saturated rings. The lowest BCUT2D eigenvalue weighted by atomic mass is 10.0. The highest BCUT2D eigenvalue weighted by molar-refractivity contribution is 5.31. The maximum absolute atomic E-state index is 12.4. The fraction of sp³-hybridized carbons (Fsp3) is 0.200. The number of rotatable bonds is 2. The molecule has 0 heterocycles. The van der Waals surface area contributed by atoms with Gasteiger partial charge in [-0.25, -0.2) is 0 Å². The van der Waals surface area contributed by atoms with Crippen LogP contribution in [0.2, 0.25) is 0 Å². The molecule has 21 heavy (non-hydrogen) atoms. The first-order valence-corrected chi connectivity index (χ1v) is 5.98. The maximum Gasteiger partial charge on any atom is 0.416 e. The van der Waals surface area contributed by atoms with Crippen molar-refractivity contribution in [2.75, 3.05) is 0 Å². The highest BCUT2D eigenvalue weighted by Crippen LogP contribution is 2.30. The molecule has 0 unspecified atom stereocenters. The van der Waals surface area contributed by atoms with Gasteiger partial charge in [0, 0.05) is 0 Å². The predicted molar refractivity (Wildman–Crippen MR) is 65.7 cm³/mol. The molecule has 0 N–H and O–H groups in total. The molecule has 6 heteroatoms. The molecule has 0 bridgehead atoms. The van der Waals surface area contributed by atoms with Gasteiger partial charge in [-0.2, -0.15) is 26.3 Å². The van der Waals surface area contributed by atoms with Crippen molar-refractivity contribution >= 4 is 0 Å². The molecular weight excluding hydrogens is 294 g/mol. The highest BCUT2D eigenvalue weighted by Gasteiger charge is 2.30. The van der Waals surface area contributed by atoms with Crippen LogP contribution in [0, 0.1) is 0 Å². The average Bonchev–Trinajstić information content (AvgIpc) is 2.38. The SMILES string of the molecule is FC(F)(F)c1ccc(Cc2ccc(C(F)(F)F)cc2)cc1. The van der Waals surface area contributed by atoms with Crippen molar-refractivity contribution in [3.05, 3.63) is 70.8 Å². The molecule has 0 aliphatic carbocycles. The lowest BCUT2D eigenvalue weighted by Gasteiger charge is -2.09. The Balaban J connectivity index is 2.12. The normalized spacial score (nSPS) is 12.5. The summed E-state index contributed by atoms with van der Waals surface area (Å²) in [5.74, 6) is 0. The molecule has 0 aromatic heterocycles. The second-order valence-electron chi connectivity index (χ2n) is 4.57. The van der Waals surface area contributed by atoms with Crippen LogP contribution in [0.25, 0.3) is 0 Å². The van der Waals surface area contributed by atoms with Gasteiger partial charge in [0.15, 0.2) is 0 Å². The number of benzene rings is 2. The Morgan fingerprint density at radius 1 is 0.524 bits per heavy atom. The summed E-state index contributed by atoms with van der Waals surface area (Å²) < 4.78 is 74.4. The topological polar surface area (TPSA) is 0 Å². The van der Waals surface area contributed by atoms with Crippen LogP contribution in [0.1, 0.15) is 22.3 Å². The van der Waals surface area contributed by atoms with Gasteiger partial charge in [-0.15, -0.1) is 0 Å². The van der Waals surface area contributed by atoms with Crippen LogP contribution in [0.3, 0.4) is 0 Å². The predicted octanol–water partition coefficient (Wildman–Crippen LogP) is 5.32. The van der Waals surface area contributed by atoms with Crippen molar-refractivity contribution in [1.82, 2.24) is 0 Å². The number of halogens is 6. The maximum atomic E-state index is 12.4. The fourth-order valence-corrected chi connectivity index (χ4v) is 1.86. The quantitative estimate of drug-likeness (QED) is 0.659. The minimum atomic E-state index is -4.40. The summed E-state index contributed by atoms with van der Waals surface area (Å²) in [6.45, 7) is 0. The monoisotopic (exact) mass is 304 g/mol. The van der Waals surface area contributed by atoms with Gasteiger partial charge in [-0.1, -0.05) is 24.3 Å². The van der Waals surface area contributed by atoms with Crippen LogP contribution in [-0.2, 0) is 18.8 Å². The molecule has 0 atom stereocenters. The lowest BCUT2D eigenvalue weighted by molar-refractivity contribution is -0.138. The van der Waals surface area contributed by atoms with E-state index in [0.717, 1.165) is 24.3 Å². The number of hydrogen-bond donors (Lipinski definition) is 0. The van der Waals surface area contributed by atoms with Crippen LogP contribution in [0.5, 0.6) is 0 Å². The number of alkyl halides is 6. The van der Waals surface area contributed by atoms with Crippen LogP contribution in [0.15, 0.2) is 48.5 Å². The van der Waals surface area contributed by atoms with Crippen LogP contribution >= 0.6 is 0 Å². The molecular formula is C15H10F6. The third-order valence-electron chi connectivity index (χ3n) is 2.97. The summed E-state index contributed by atoms with van der Waals surface area (Å²) >= 11 is 0. The third kappa shape index (κ3) is 4.00. The Kier molecular flexibility index (Phi) is 3.98. The van der Waals surface area contributed by atoms with Gasteiger partial charge in [0.05, 0.1) is 11.1 Å². The van der Waals surface area contributed by atoms with E-state index in [0.29, 0.717) is 11.1 Å². The minimum absolute atomic E-state index is 0.274.